The molecular formula is C11H12O3. The first-order chi connectivity index (χ1) is 6.74. The molecule has 1 N–H and O–H groups in total. The van der Waals surface area contributed by atoms with E-state index in [2.05, 4.69) is 0 Å². The normalized spacial score (nSPS) is 12.0. The Labute approximate surface area is 82.4 Å². The number of hydrogen-bond donors (Lipinski definition) is 1. The van der Waals surface area contributed by atoms with Gasteiger partial charge in [-0.3, -0.25) is 4.79 Å². The summed E-state index contributed by atoms with van der Waals surface area (Å²) >= 11 is 0. The van der Waals surface area contributed by atoms with Crippen molar-refractivity contribution in [1.29, 1.82) is 0 Å². The van der Waals surface area contributed by atoms with Crippen molar-refractivity contribution in [2.24, 2.45) is 5.92 Å². The van der Waals surface area contributed by atoms with Gasteiger partial charge in [0.1, 0.15) is 6.29 Å². The monoisotopic (exact) mass is 192 g/mol. The van der Waals surface area contributed by atoms with Crippen LogP contribution in [0.1, 0.15) is 12.0 Å². The minimum Gasteiger partial charge on any atom is -0.481 e. The van der Waals surface area contributed by atoms with Crippen LogP contribution in [0, 0.1) is 5.92 Å². The first kappa shape index (κ1) is 10.4. The predicted molar refractivity (Wildman–Crippen MR) is 52.0 cm³/mol. The molecule has 1 rings (SSSR count). The fourth-order valence-electron chi connectivity index (χ4n) is 1.29. The molecule has 1 atom stereocenters. The van der Waals surface area contributed by atoms with Crippen molar-refractivity contribution in [2.45, 2.75) is 12.8 Å². The summed E-state index contributed by atoms with van der Waals surface area (Å²) in [6.45, 7) is 0. The Bertz CT molecular complexity index is 306. The van der Waals surface area contributed by atoms with Crippen LogP contribution in [-0.2, 0) is 16.0 Å². The van der Waals surface area contributed by atoms with Gasteiger partial charge in [0.25, 0.3) is 0 Å². The van der Waals surface area contributed by atoms with Gasteiger partial charge in [0, 0.05) is 6.42 Å². The molecule has 3 heteroatoms. The quantitative estimate of drug-likeness (QED) is 0.719. The molecule has 0 aliphatic heterocycles. The largest absolute Gasteiger partial charge is 0.481 e. The van der Waals surface area contributed by atoms with E-state index in [0.29, 0.717) is 12.7 Å². The van der Waals surface area contributed by atoms with Crippen molar-refractivity contribution in [3.05, 3.63) is 35.9 Å². The average Bonchev–Trinajstić information content (AvgIpc) is 2.18. The van der Waals surface area contributed by atoms with E-state index in [4.69, 9.17) is 5.11 Å². The standard InChI is InChI=1S/C11H12O3/c12-7-6-10(11(13)14)8-9-4-2-1-3-5-9/h1-5,7,10H,6,8H2,(H,13,14)/t10-/m0/s1. The summed E-state index contributed by atoms with van der Waals surface area (Å²) in [6, 6.07) is 9.31. The van der Waals surface area contributed by atoms with Crippen LogP contribution in [0.4, 0.5) is 0 Å². The molecule has 1 aromatic rings. The summed E-state index contributed by atoms with van der Waals surface area (Å²) in [5.74, 6) is -1.52. The summed E-state index contributed by atoms with van der Waals surface area (Å²) in [4.78, 5) is 21.0. The number of carbonyl (C=O) groups is 2. The molecule has 0 saturated heterocycles. The van der Waals surface area contributed by atoms with Crippen LogP contribution in [0.3, 0.4) is 0 Å². The molecular weight excluding hydrogens is 180 g/mol. The first-order valence-electron chi connectivity index (χ1n) is 4.44. The topological polar surface area (TPSA) is 54.4 Å². The van der Waals surface area contributed by atoms with Gasteiger partial charge in [-0.1, -0.05) is 30.3 Å². The molecule has 0 radical (unpaired) electrons. The third kappa shape index (κ3) is 3.01. The van der Waals surface area contributed by atoms with Crippen LogP contribution in [-0.4, -0.2) is 17.4 Å². The van der Waals surface area contributed by atoms with E-state index in [9.17, 15) is 9.59 Å². The lowest BCUT2D eigenvalue weighted by molar-refractivity contribution is -0.142. The molecule has 0 aliphatic carbocycles. The van der Waals surface area contributed by atoms with Crippen molar-refractivity contribution in [3.8, 4) is 0 Å². The summed E-state index contributed by atoms with van der Waals surface area (Å²) in [5, 5.41) is 8.81. The Kier molecular flexibility index (Phi) is 3.85. The fraction of sp³-hybridized carbons (Fsp3) is 0.273. The Morgan fingerprint density at radius 2 is 2.00 bits per heavy atom. The zero-order valence-electron chi connectivity index (χ0n) is 7.72. The highest BCUT2D eigenvalue weighted by Gasteiger charge is 2.16. The van der Waals surface area contributed by atoms with Crippen molar-refractivity contribution in [3.63, 3.8) is 0 Å². The summed E-state index contributed by atoms with van der Waals surface area (Å²) in [7, 11) is 0. The molecule has 0 aliphatic rings. The van der Waals surface area contributed by atoms with Gasteiger partial charge < -0.3 is 9.90 Å². The molecule has 3 nitrogen and oxygen atoms in total. The third-order valence-electron chi connectivity index (χ3n) is 2.05. The van der Waals surface area contributed by atoms with Crippen molar-refractivity contribution in [1.82, 2.24) is 0 Å². The highest BCUT2D eigenvalue weighted by molar-refractivity contribution is 5.73. The Morgan fingerprint density at radius 1 is 1.36 bits per heavy atom. The first-order valence-corrected chi connectivity index (χ1v) is 4.44. The second kappa shape index (κ2) is 5.17. The Morgan fingerprint density at radius 3 is 2.50 bits per heavy atom. The minimum atomic E-state index is -0.916. The molecule has 0 amide bonds. The maximum absolute atomic E-state index is 10.7. The maximum Gasteiger partial charge on any atom is 0.307 e. The Balaban J connectivity index is 2.64. The lowest BCUT2D eigenvalue weighted by Crippen LogP contribution is -2.16. The number of carboxylic acids is 1. The van der Waals surface area contributed by atoms with Gasteiger partial charge in [-0.05, 0) is 12.0 Å². The molecule has 14 heavy (non-hydrogen) atoms. The number of carbonyl (C=O) groups excluding carboxylic acids is 1. The van der Waals surface area contributed by atoms with E-state index in [0.717, 1.165) is 5.56 Å². The molecule has 0 heterocycles. The van der Waals surface area contributed by atoms with E-state index in [1.807, 2.05) is 30.3 Å². The van der Waals surface area contributed by atoms with Crippen molar-refractivity contribution in [2.75, 3.05) is 0 Å². The van der Waals surface area contributed by atoms with Gasteiger partial charge >= 0.3 is 5.97 Å². The highest BCUT2D eigenvalue weighted by atomic mass is 16.4. The lowest BCUT2D eigenvalue weighted by atomic mass is 9.97. The second-order valence-electron chi connectivity index (χ2n) is 3.13. The van der Waals surface area contributed by atoms with E-state index in [-0.39, 0.29) is 6.42 Å². The van der Waals surface area contributed by atoms with Gasteiger partial charge in [0.05, 0.1) is 5.92 Å². The molecule has 0 aromatic heterocycles. The predicted octanol–water partition coefficient (Wildman–Crippen LogP) is 1.52. The average molecular weight is 192 g/mol. The second-order valence-corrected chi connectivity index (χ2v) is 3.13. The number of rotatable bonds is 5. The fourth-order valence-corrected chi connectivity index (χ4v) is 1.29. The number of aldehydes is 1. The van der Waals surface area contributed by atoms with Gasteiger partial charge in [0.15, 0.2) is 0 Å². The third-order valence-corrected chi connectivity index (χ3v) is 2.05. The molecule has 0 unspecified atom stereocenters. The molecule has 1 aromatic carbocycles. The summed E-state index contributed by atoms with van der Waals surface area (Å²) in [5.41, 5.74) is 0.946. The highest BCUT2D eigenvalue weighted by Crippen LogP contribution is 2.11. The van der Waals surface area contributed by atoms with Crippen molar-refractivity contribution < 1.29 is 14.7 Å². The van der Waals surface area contributed by atoms with Crippen LogP contribution in [0.25, 0.3) is 0 Å². The molecule has 0 fully saturated rings. The van der Waals surface area contributed by atoms with Gasteiger partial charge in [-0.2, -0.15) is 0 Å². The van der Waals surface area contributed by atoms with E-state index >= 15 is 0 Å². The number of aliphatic carboxylic acids is 1. The number of hydrogen-bond acceptors (Lipinski definition) is 2. The summed E-state index contributed by atoms with van der Waals surface area (Å²) in [6.07, 6.45) is 1.14. The van der Waals surface area contributed by atoms with Crippen LogP contribution >= 0.6 is 0 Å². The molecule has 74 valence electrons. The van der Waals surface area contributed by atoms with Crippen LogP contribution in [0.15, 0.2) is 30.3 Å². The van der Waals surface area contributed by atoms with Crippen LogP contribution in [0.2, 0.25) is 0 Å². The van der Waals surface area contributed by atoms with Gasteiger partial charge in [0.2, 0.25) is 0 Å². The van der Waals surface area contributed by atoms with E-state index in [1.54, 1.807) is 0 Å². The summed E-state index contributed by atoms with van der Waals surface area (Å²) < 4.78 is 0. The molecule has 0 saturated carbocycles. The number of benzene rings is 1. The van der Waals surface area contributed by atoms with Gasteiger partial charge in [-0.25, -0.2) is 0 Å². The maximum atomic E-state index is 10.7. The van der Waals surface area contributed by atoms with Crippen molar-refractivity contribution >= 4 is 12.3 Å². The lowest BCUT2D eigenvalue weighted by Gasteiger charge is -2.08. The zero-order chi connectivity index (χ0) is 10.4. The minimum absolute atomic E-state index is 0.0736. The SMILES string of the molecule is O=CC[C@@H](Cc1ccccc1)C(=O)O. The smallest absolute Gasteiger partial charge is 0.307 e. The zero-order valence-corrected chi connectivity index (χ0v) is 7.72. The van der Waals surface area contributed by atoms with E-state index < -0.39 is 11.9 Å². The van der Waals surface area contributed by atoms with Gasteiger partial charge in [-0.15, -0.1) is 0 Å². The molecule has 0 bridgehead atoms. The van der Waals surface area contributed by atoms with E-state index in [1.165, 1.54) is 0 Å². The number of carboxylic acid groups (broad SMARTS) is 1. The van der Waals surface area contributed by atoms with Crippen LogP contribution < -0.4 is 0 Å². The Hall–Kier alpha value is -1.64. The van der Waals surface area contributed by atoms with Crippen LogP contribution in [0.5, 0.6) is 0 Å². The molecule has 0 spiro atoms.